The number of benzene rings is 1. The van der Waals surface area contributed by atoms with Gasteiger partial charge in [0, 0.05) is 13.1 Å². The lowest BCUT2D eigenvalue weighted by Crippen LogP contribution is -2.49. The SMILES string of the molecule is Cc1ccc(C(=O)N2CC[C@H]3OCc4cnnn4[C@H]3C2)c(O)c1. The van der Waals surface area contributed by atoms with E-state index in [1.807, 2.05) is 17.7 Å². The Bertz CT molecular complexity index is 758. The second kappa shape index (κ2) is 5.34. The van der Waals surface area contributed by atoms with Crippen LogP contribution in [-0.2, 0) is 11.3 Å². The van der Waals surface area contributed by atoms with Crippen LogP contribution in [-0.4, -0.2) is 50.1 Å². The zero-order valence-corrected chi connectivity index (χ0v) is 12.8. The average Bonchev–Trinajstić information content (AvgIpc) is 3.03. The number of rotatable bonds is 1. The number of phenols is 1. The number of nitrogens with zero attached hydrogens (tertiary/aromatic N) is 4. The molecule has 0 radical (unpaired) electrons. The molecular formula is C16H18N4O3. The molecule has 0 spiro atoms. The molecule has 23 heavy (non-hydrogen) atoms. The second-order valence-corrected chi connectivity index (χ2v) is 6.15. The predicted molar refractivity (Wildman–Crippen MR) is 81.0 cm³/mol. The van der Waals surface area contributed by atoms with Crippen molar-refractivity contribution in [1.29, 1.82) is 0 Å². The van der Waals surface area contributed by atoms with Crippen LogP contribution < -0.4 is 0 Å². The van der Waals surface area contributed by atoms with Gasteiger partial charge < -0.3 is 14.7 Å². The van der Waals surface area contributed by atoms with Gasteiger partial charge in [-0.3, -0.25) is 4.79 Å². The summed E-state index contributed by atoms with van der Waals surface area (Å²) in [4.78, 5) is 14.5. The molecule has 7 heteroatoms. The summed E-state index contributed by atoms with van der Waals surface area (Å²) in [6, 6.07) is 5.10. The first kappa shape index (κ1) is 14.2. The fraction of sp³-hybridized carbons (Fsp3) is 0.438. The first-order valence-corrected chi connectivity index (χ1v) is 7.73. The molecular weight excluding hydrogens is 296 g/mol. The summed E-state index contributed by atoms with van der Waals surface area (Å²) in [6.07, 6.45) is 2.50. The molecule has 1 fully saturated rings. The smallest absolute Gasteiger partial charge is 0.257 e. The molecule has 1 aromatic heterocycles. The molecule has 2 atom stereocenters. The van der Waals surface area contributed by atoms with E-state index in [1.54, 1.807) is 23.2 Å². The number of likely N-dealkylation sites (tertiary alicyclic amines) is 1. The first-order chi connectivity index (χ1) is 11.1. The van der Waals surface area contributed by atoms with Gasteiger partial charge in [-0.15, -0.1) is 5.10 Å². The molecule has 0 bridgehead atoms. The molecule has 3 heterocycles. The summed E-state index contributed by atoms with van der Waals surface area (Å²) in [7, 11) is 0. The maximum atomic E-state index is 12.7. The maximum absolute atomic E-state index is 12.7. The number of aryl methyl sites for hydroxylation is 1. The highest BCUT2D eigenvalue weighted by Crippen LogP contribution is 2.31. The minimum atomic E-state index is -0.159. The van der Waals surface area contributed by atoms with E-state index in [0.717, 1.165) is 17.7 Å². The van der Waals surface area contributed by atoms with E-state index in [9.17, 15) is 9.90 Å². The second-order valence-electron chi connectivity index (χ2n) is 6.15. The van der Waals surface area contributed by atoms with Crippen LogP contribution in [0, 0.1) is 6.92 Å². The third-order valence-corrected chi connectivity index (χ3v) is 4.60. The topological polar surface area (TPSA) is 80.5 Å². The Morgan fingerprint density at radius 2 is 2.30 bits per heavy atom. The van der Waals surface area contributed by atoms with E-state index in [-0.39, 0.29) is 23.8 Å². The minimum Gasteiger partial charge on any atom is -0.507 e. The quantitative estimate of drug-likeness (QED) is 0.857. The number of hydrogen-bond acceptors (Lipinski definition) is 5. The summed E-state index contributed by atoms with van der Waals surface area (Å²) in [6.45, 7) is 3.51. The number of aromatic nitrogens is 3. The lowest BCUT2D eigenvalue weighted by molar-refractivity contribution is -0.0605. The van der Waals surface area contributed by atoms with Crippen molar-refractivity contribution in [3.63, 3.8) is 0 Å². The van der Waals surface area contributed by atoms with Crippen molar-refractivity contribution in [3.05, 3.63) is 41.2 Å². The number of ether oxygens (including phenoxy) is 1. The number of amides is 1. The van der Waals surface area contributed by atoms with Crippen LogP contribution in [0.2, 0.25) is 0 Å². The largest absolute Gasteiger partial charge is 0.507 e. The lowest BCUT2D eigenvalue weighted by atomic mass is 9.99. The summed E-state index contributed by atoms with van der Waals surface area (Å²) < 4.78 is 7.72. The van der Waals surface area contributed by atoms with Gasteiger partial charge >= 0.3 is 0 Å². The molecule has 1 amide bonds. The van der Waals surface area contributed by atoms with Crippen molar-refractivity contribution >= 4 is 5.91 Å². The third-order valence-electron chi connectivity index (χ3n) is 4.60. The zero-order valence-electron chi connectivity index (χ0n) is 12.8. The number of hydrogen-bond donors (Lipinski definition) is 1. The Hall–Kier alpha value is -2.41. The van der Waals surface area contributed by atoms with Crippen molar-refractivity contribution < 1.29 is 14.6 Å². The number of piperidine rings is 1. The van der Waals surface area contributed by atoms with Gasteiger partial charge in [0.05, 0.1) is 36.2 Å². The minimum absolute atomic E-state index is 0.0217. The van der Waals surface area contributed by atoms with E-state index in [1.165, 1.54) is 0 Å². The van der Waals surface area contributed by atoms with E-state index in [0.29, 0.717) is 25.3 Å². The van der Waals surface area contributed by atoms with Gasteiger partial charge in [-0.25, -0.2) is 4.68 Å². The van der Waals surface area contributed by atoms with Gasteiger partial charge in [0.2, 0.25) is 0 Å². The van der Waals surface area contributed by atoms with Crippen LogP contribution in [0.5, 0.6) is 5.75 Å². The van der Waals surface area contributed by atoms with Crippen LogP contribution in [0.15, 0.2) is 24.4 Å². The monoisotopic (exact) mass is 314 g/mol. The molecule has 120 valence electrons. The maximum Gasteiger partial charge on any atom is 0.257 e. The van der Waals surface area contributed by atoms with Crippen LogP contribution in [0.25, 0.3) is 0 Å². The Morgan fingerprint density at radius 3 is 3.13 bits per heavy atom. The van der Waals surface area contributed by atoms with Gasteiger partial charge in [-0.05, 0) is 31.0 Å². The molecule has 0 unspecified atom stereocenters. The number of carbonyl (C=O) groups is 1. The summed E-state index contributed by atoms with van der Waals surface area (Å²) in [5.74, 6) is -0.133. The molecule has 1 saturated heterocycles. The zero-order chi connectivity index (χ0) is 16.0. The van der Waals surface area contributed by atoms with Gasteiger partial charge in [0.15, 0.2) is 0 Å². The number of carbonyl (C=O) groups excluding carboxylic acids is 1. The molecule has 0 aliphatic carbocycles. The summed E-state index contributed by atoms with van der Waals surface area (Å²) in [5, 5.41) is 18.1. The third kappa shape index (κ3) is 2.37. The molecule has 2 aliphatic heterocycles. The van der Waals surface area contributed by atoms with E-state index >= 15 is 0 Å². The Morgan fingerprint density at radius 1 is 1.43 bits per heavy atom. The molecule has 4 rings (SSSR count). The Balaban J connectivity index is 1.59. The molecule has 1 aromatic carbocycles. The van der Waals surface area contributed by atoms with E-state index < -0.39 is 0 Å². The fourth-order valence-corrected chi connectivity index (χ4v) is 3.36. The van der Waals surface area contributed by atoms with Crippen molar-refractivity contribution in [1.82, 2.24) is 19.9 Å². The Labute approximate surface area is 133 Å². The van der Waals surface area contributed by atoms with E-state index in [4.69, 9.17) is 4.74 Å². The van der Waals surface area contributed by atoms with Crippen molar-refractivity contribution in [2.24, 2.45) is 0 Å². The fourth-order valence-electron chi connectivity index (χ4n) is 3.36. The van der Waals surface area contributed by atoms with Gasteiger partial charge in [-0.2, -0.15) is 0 Å². The summed E-state index contributed by atoms with van der Waals surface area (Å²) in [5.41, 5.74) is 2.19. The number of phenolic OH excluding ortho intramolecular Hbond substituents is 1. The summed E-state index contributed by atoms with van der Waals surface area (Å²) >= 11 is 0. The molecule has 1 N–H and O–H groups in total. The van der Waals surface area contributed by atoms with Crippen LogP contribution in [0.1, 0.15) is 34.1 Å². The van der Waals surface area contributed by atoms with Gasteiger partial charge in [-0.1, -0.05) is 11.3 Å². The number of aromatic hydroxyl groups is 1. The predicted octanol–water partition coefficient (Wildman–Crippen LogP) is 1.28. The van der Waals surface area contributed by atoms with Gasteiger partial charge in [0.1, 0.15) is 5.75 Å². The first-order valence-electron chi connectivity index (χ1n) is 7.73. The molecule has 2 aromatic rings. The Kier molecular flexibility index (Phi) is 3.30. The van der Waals surface area contributed by atoms with Crippen LogP contribution in [0.4, 0.5) is 0 Å². The van der Waals surface area contributed by atoms with Gasteiger partial charge in [0.25, 0.3) is 5.91 Å². The molecule has 2 aliphatic rings. The number of fused-ring (bicyclic) bond motifs is 3. The highest BCUT2D eigenvalue weighted by atomic mass is 16.5. The van der Waals surface area contributed by atoms with Crippen LogP contribution in [0.3, 0.4) is 0 Å². The van der Waals surface area contributed by atoms with Crippen molar-refractivity contribution in [3.8, 4) is 5.75 Å². The normalized spacial score (nSPS) is 23.3. The molecule has 7 nitrogen and oxygen atoms in total. The van der Waals surface area contributed by atoms with Crippen LogP contribution >= 0.6 is 0 Å². The highest BCUT2D eigenvalue weighted by Gasteiger charge is 2.38. The van der Waals surface area contributed by atoms with Crippen molar-refractivity contribution in [2.45, 2.75) is 32.1 Å². The van der Waals surface area contributed by atoms with E-state index in [2.05, 4.69) is 10.3 Å². The lowest BCUT2D eigenvalue weighted by Gasteiger charge is -2.41. The van der Waals surface area contributed by atoms with Crippen molar-refractivity contribution in [2.75, 3.05) is 13.1 Å². The average molecular weight is 314 g/mol. The highest BCUT2D eigenvalue weighted by molar-refractivity contribution is 5.97. The standard InChI is InChI=1S/C16H18N4O3/c1-10-2-3-12(14(21)6-10)16(22)19-5-4-15-13(8-19)20-11(9-23-15)7-17-18-20/h2-3,6-7,13,15,21H,4-5,8-9H2,1H3/t13-,15+/m0/s1. The molecule has 0 saturated carbocycles.